The number of amides is 1. The van der Waals surface area contributed by atoms with E-state index in [2.05, 4.69) is 10.1 Å². The molecule has 0 bridgehead atoms. The largest absolute Gasteiger partial charge is 0.446 e. The molecule has 0 N–H and O–H groups in total. The van der Waals surface area contributed by atoms with Crippen LogP contribution in [0.1, 0.15) is 20.8 Å². The van der Waals surface area contributed by atoms with E-state index >= 15 is 4.39 Å². The second-order valence-corrected chi connectivity index (χ2v) is 10.2. The minimum atomic E-state index is -5.04. The number of pyridine rings is 1. The molecule has 0 radical (unpaired) electrons. The maximum atomic E-state index is 15.2. The highest BCUT2D eigenvalue weighted by molar-refractivity contribution is 7.93. The first kappa shape index (κ1) is 26.9. The SMILES string of the molecule is CCn1cc(-c2ccncc2)c(-c2cc(N(C(=O)OC(C)C)S(=O)(=O)c3cc(F)ccc3F)ccc2F)n1. The van der Waals surface area contributed by atoms with Gasteiger partial charge in [-0.25, -0.2) is 26.4 Å². The van der Waals surface area contributed by atoms with E-state index in [1.54, 1.807) is 35.4 Å². The summed E-state index contributed by atoms with van der Waals surface area (Å²) in [4.78, 5) is 15.9. The van der Waals surface area contributed by atoms with Gasteiger partial charge in [0.1, 0.15) is 28.0 Å². The highest BCUT2D eigenvalue weighted by atomic mass is 32.2. The van der Waals surface area contributed by atoms with Crippen molar-refractivity contribution in [3.05, 3.63) is 84.6 Å². The van der Waals surface area contributed by atoms with E-state index in [0.717, 1.165) is 24.3 Å². The van der Waals surface area contributed by atoms with Crippen LogP contribution in [0.25, 0.3) is 22.4 Å². The molecule has 2 heterocycles. The molecule has 1 amide bonds. The fourth-order valence-corrected chi connectivity index (χ4v) is 5.11. The second-order valence-electron chi connectivity index (χ2n) is 8.42. The predicted octanol–water partition coefficient (Wildman–Crippen LogP) is 5.79. The maximum Gasteiger partial charge on any atom is 0.428 e. The number of aromatic nitrogens is 3. The molecule has 0 unspecified atom stereocenters. The molecule has 0 aliphatic carbocycles. The molecule has 4 aromatic rings. The molecule has 0 saturated carbocycles. The standard InChI is InChI=1S/C26H23F3N4O4S/c1-4-32-15-21(17-9-11-30-12-10-17)25(31-32)20-14-19(6-8-22(20)28)33(26(34)37-16(2)3)38(35,36)24-13-18(27)5-7-23(24)29/h5-16H,4H2,1-3H3. The van der Waals surface area contributed by atoms with Crippen LogP contribution in [0.3, 0.4) is 0 Å². The van der Waals surface area contributed by atoms with E-state index < -0.39 is 44.6 Å². The number of rotatable bonds is 7. The molecule has 4 rings (SSSR count). The Kier molecular flexibility index (Phi) is 7.53. The van der Waals surface area contributed by atoms with Crippen molar-refractivity contribution >= 4 is 21.8 Å². The van der Waals surface area contributed by atoms with Gasteiger partial charge >= 0.3 is 6.09 Å². The van der Waals surface area contributed by atoms with Crippen molar-refractivity contribution in [2.75, 3.05) is 4.31 Å². The Bertz CT molecular complexity index is 1590. The summed E-state index contributed by atoms with van der Waals surface area (Å²) in [6, 6.07) is 8.30. The average Bonchev–Trinajstić information content (AvgIpc) is 3.31. The molecule has 0 fully saturated rings. The van der Waals surface area contributed by atoms with Crippen LogP contribution in [0, 0.1) is 17.5 Å². The molecule has 38 heavy (non-hydrogen) atoms. The van der Waals surface area contributed by atoms with Gasteiger partial charge in [-0.2, -0.15) is 9.40 Å². The molecule has 0 saturated heterocycles. The minimum absolute atomic E-state index is 0.126. The molecule has 0 spiro atoms. The topological polar surface area (TPSA) is 94.4 Å². The maximum absolute atomic E-state index is 15.2. The molecular weight excluding hydrogens is 521 g/mol. The number of hydrogen-bond donors (Lipinski definition) is 0. The third-order valence-electron chi connectivity index (χ3n) is 5.43. The lowest BCUT2D eigenvalue weighted by molar-refractivity contribution is 0.126. The highest BCUT2D eigenvalue weighted by Gasteiger charge is 2.36. The number of carbonyl (C=O) groups is 1. The van der Waals surface area contributed by atoms with Crippen molar-refractivity contribution in [2.24, 2.45) is 0 Å². The first-order valence-electron chi connectivity index (χ1n) is 11.5. The third kappa shape index (κ3) is 5.25. The first-order valence-corrected chi connectivity index (χ1v) is 13.0. The van der Waals surface area contributed by atoms with Gasteiger partial charge < -0.3 is 4.74 Å². The summed E-state index contributed by atoms with van der Waals surface area (Å²) in [7, 11) is -5.04. The van der Waals surface area contributed by atoms with E-state index in [4.69, 9.17) is 4.74 Å². The van der Waals surface area contributed by atoms with Crippen LogP contribution in [0.4, 0.5) is 23.7 Å². The monoisotopic (exact) mass is 544 g/mol. The second kappa shape index (κ2) is 10.7. The van der Waals surface area contributed by atoms with Gasteiger partial charge in [-0.1, -0.05) is 0 Å². The van der Waals surface area contributed by atoms with Crippen LogP contribution in [-0.4, -0.2) is 35.4 Å². The average molecular weight is 545 g/mol. The van der Waals surface area contributed by atoms with Crippen molar-refractivity contribution in [1.82, 2.24) is 14.8 Å². The molecule has 198 valence electrons. The van der Waals surface area contributed by atoms with Crippen LogP contribution in [-0.2, 0) is 21.3 Å². The number of hydrogen-bond acceptors (Lipinski definition) is 6. The Morgan fingerprint density at radius 1 is 1.00 bits per heavy atom. The predicted molar refractivity (Wildman–Crippen MR) is 134 cm³/mol. The molecule has 0 atom stereocenters. The number of sulfonamides is 1. The zero-order chi connectivity index (χ0) is 27.6. The van der Waals surface area contributed by atoms with Gasteiger partial charge in [0.25, 0.3) is 10.0 Å². The Morgan fingerprint density at radius 2 is 1.68 bits per heavy atom. The van der Waals surface area contributed by atoms with Crippen LogP contribution in [0.2, 0.25) is 0 Å². The summed E-state index contributed by atoms with van der Waals surface area (Å²) in [5, 5.41) is 4.44. The van der Waals surface area contributed by atoms with Crippen LogP contribution >= 0.6 is 0 Å². The summed E-state index contributed by atoms with van der Waals surface area (Å²) in [6.45, 7) is 5.27. The molecule has 12 heteroatoms. The van der Waals surface area contributed by atoms with Gasteiger partial charge in [-0.3, -0.25) is 9.67 Å². The first-order chi connectivity index (χ1) is 18.0. The molecule has 2 aromatic heterocycles. The lowest BCUT2D eigenvalue weighted by Gasteiger charge is -2.24. The van der Waals surface area contributed by atoms with E-state index in [1.165, 1.54) is 13.8 Å². The van der Waals surface area contributed by atoms with E-state index in [0.29, 0.717) is 29.8 Å². The number of aryl methyl sites for hydroxylation is 1. The smallest absolute Gasteiger partial charge is 0.428 e. The van der Waals surface area contributed by atoms with Crippen LogP contribution in [0.15, 0.2) is 72.0 Å². The van der Waals surface area contributed by atoms with Crippen LogP contribution < -0.4 is 4.31 Å². The summed E-state index contributed by atoms with van der Waals surface area (Å²) < 4.78 is 77.5. The number of benzene rings is 2. The van der Waals surface area contributed by atoms with Crippen molar-refractivity contribution in [1.29, 1.82) is 0 Å². The van der Waals surface area contributed by atoms with Crippen molar-refractivity contribution < 1.29 is 31.1 Å². The van der Waals surface area contributed by atoms with Crippen LogP contribution in [0.5, 0.6) is 0 Å². The number of ether oxygens (including phenoxy) is 1. The quantitative estimate of drug-likeness (QED) is 0.292. The zero-order valence-corrected chi connectivity index (χ0v) is 21.4. The minimum Gasteiger partial charge on any atom is -0.446 e. The number of nitrogens with zero attached hydrogens (tertiary/aromatic N) is 4. The van der Waals surface area contributed by atoms with E-state index in [-0.39, 0.29) is 21.2 Å². The Labute approximate surface area is 217 Å². The number of anilines is 1. The van der Waals surface area contributed by atoms with Gasteiger partial charge in [0, 0.05) is 36.3 Å². The summed E-state index contributed by atoms with van der Waals surface area (Å²) in [5.41, 5.74) is 0.885. The fraction of sp³-hybridized carbons (Fsp3) is 0.192. The van der Waals surface area contributed by atoms with E-state index in [9.17, 15) is 22.0 Å². The van der Waals surface area contributed by atoms with Gasteiger partial charge in [-0.05, 0) is 74.9 Å². The van der Waals surface area contributed by atoms with E-state index in [1.807, 2.05) is 6.92 Å². The van der Waals surface area contributed by atoms with Gasteiger partial charge in [-0.15, -0.1) is 0 Å². The molecule has 2 aromatic carbocycles. The fourth-order valence-electron chi connectivity index (χ4n) is 3.71. The third-order valence-corrected chi connectivity index (χ3v) is 7.14. The summed E-state index contributed by atoms with van der Waals surface area (Å²) >= 11 is 0. The van der Waals surface area contributed by atoms with Gasteiger partial charge in [0.15, 0.2) is 0 Å². The summed E-state index contributed by atoms with van der Waals surface area (Å²) in [6.07, 6.45) is 2.67. The Morgan fingerprint density at radius 3 is 2.34 bits per heavy atom. The lowest BCUT2D eigenvalue weighted by atomic mass is 10.0. The Balaban J connectivity index is 1.93. The van der Waals surface area contributed by atoms with Crippen molar-refractivity contribution in [2.45, 2.75) is 38.3 Å². The highest BCUT2D eigenvalue weighted by Crippen LogP contribution is 2.36. The molecule has 8 nitrogen and oxygen atoms in total. The molecular formula is C26H23F3N4O4S. The molecule has 0 aliphatic heterocycles. The Hall–Kier alpha value is -4.19. The van der Waals surface area contributed by atoms with Crippen molar-refractivity contribution in [3.63, 3.8) is 0 Å². The number of carbonyl (C=O) groups excluding carboxylic acids is 1. The summed E-state index contributed by atoms with van der Waals surface area (Å²) in [5.74, 6) is -3.07. The van der Waals surface area contributed by atoms with Gasteiger partial charge in [0.2, 0.25) is 0 Å². The normalized spacial score (nSPS) is 11.6. The lowest BCUT2D eigenvalue weighted by Crippen LogP contribution is -2.39. The zero-order valence-electron chi connectivity index (χ0n) is 20.6. The molecule has 0 aliphatic rings. The van der Waals surface area contributed by atoms with Gasteiger partial charge in [0.05, 0.1) is 11.8 Å². The number of halogens is 3. The van der Waals surface area contributed by atoms with Crippen molar-refractivity contribution in [3.8, 4) is 22.4 Å².